The Morgan fingerprint density at radius 2 is 2.00 bits per heavy atom. The summed E-state index contributed by atoms with van der Waals surface area (Å²) in [5.41, 5.74) is 1.05. The van der Waals surface area contributed by atoms with Gasteiger partial charge in [0.25, 0.3) is 0 Å². The zero-order valence-electron chi connectivity index (χ0n) is 9.04. The Bertz CT molecular complexity index is 323. The number of rotatable bonds is 5. The summed E-state index contributed by atoms with van der Waals surface area (Å²) in [6.07, 6.45) is 6.96. The molecule has 0 unspecified atom stereocenters. The second-order valence-corrected chi connectivity index (χ2v) is 3.36. The van der Waals surface area contributed by atoms with Crippen LogP contribution in [0.15, 0.2) is 24.3 Å². The fourth-order valence-corrected chi connectivity index (χ4v) is 1.49. The van der Waals surface area contributed by atoms with Crippen molar-refractivity contribution >= 4 is 5.69 Å². The molecule has 0 heterocycles. The molecule has 0 aliphatic rings. The van der Waals surface area contributed by atoms with Gasteiger partial charge in [0, 0.05) is 25.2 Å². The van der Waals surface area contributed by atoms with Crippen LogP contribution < -0.4 is 4.90 Å². The molecule has 2 heteroatoms. The van der Waals surface area contributed by atoms with Gasteiger partial charge in [0.2, 0.25) is 0 Å². The van der Waals surface area contributed by atoms with Gasteiger partial charge >= 0.3 is 0 Å². The lowest BCUT2D eigenvalue weighted by atomic mass is 10.2. The Balaban J connectivity index is 2.58. The lowest BCUT2D eigenvalue weighted by Crippen LogP contribution is -2.23. The Morgan fingerprint density at radius 1 is 1.33 bits per heavy atom. The third-order valence-corrected chi connectivity index (χ3v) is 2.32. The van der Waals surface area contributed by atoms with Crippen molar-refractivity contribution in [1.82, 2.24) is 0 Å². The lowest BCUT2D eigenvalue weighted by molar-refractivity contribution is 0.627. The zero-order chi connectivity index (χ0) is 11.1. The van der Waals surface area contributed by atoms with Crippen molar-refractivity contribution in [2.45, 2.75) is 19.8 Å². The summed E-state index contributed by atoms with van der Waals surface area (Å²) in [6.45, 7) is 3.92. The van der Waals surface area contributed by atoms with Gasteiger partial charge in [-0.1, -0.05) is 0 Å². The number of hydrogen-bond donors (Lipinski definition) is 0. The number of terminal acetylenes is 1. The lowest BCUT2D eigenvalue weighted by Gasteiger charge is -2.22. The van der Waals surface area contributed by atoms with Crippen LogP contribution in [0.3, 0.4) is 0 Å². The standard InChI is InChI=1S/C13H16FN/c1-3-5-6-11-15(4-2)13-9-7-12(14)8-10-13/h1,7-10H,4-6,11H2,2H3. The van der Waals surface area contributed by atoms with E-state index >= 15 is 0 Å². The number of benzene rings is 1. The van der Waals surface area contributed by atoms with Crippen LogP contribution in [0.25, 0.3) is 0 Å². The minimum atomic E-state index is -0.196. The number of hydrogen-bond acceptors (Lipinski definition) is 1. The maximum absolute atomic E-state index is 12.7. The molecule has 1 aromatic rings. The third-order valence-electron chi connectivity index (χ3n) is 2.32. The second kappa shape index (κ2) is 6.08. The minimum absolute atomic E-state index is 0.196. The summed E-state index contributed by atoms with van der Waals surface area (Å²) in [4.78, 5) is 2.19. The number of nitrogens with zero attached hydrogens (tertiary/aromatic N) is 1. The first kappa shape index (κ1) is 11.6. The Hall–Kier alpha value is -1.49. The van der Waals surface area contributed by atoms with E-state index in [1.165, 1.54) is 12.1 Å². The van der Waals surface area contributed by atoms with Crippen LogP contribution in [-0.2, 0) is 0 Å². The van der Waals surface area contributed by atoms with Crippen LogP contribution in [0.2, 0.25) is 0 Å². The SMILES string of the molecule is C#CCCCN(CC)c1ccc(F)cc1. The minimum Gasteiger partial charge on any atom is -0.372 e. The van der Waals surface area contributed by atoms with Crippen molar-refractivity contribution in [2.75, 3.05) is 18.0 Å². The van der Waals surface area contributed by atoms with E-state index in [9.17, 15) is 4.39 Å². The average Bonchev–Trinajstić information content (AvgIpc) is 2.26. The first-order valence-corrected chi connectivity index (χ1v) is 5.22. The van der Waals surface area contributed by atoms with Crippen molar-refractivity contribution in [1.29, 1.82) is 0 Å². The van der Waals surface area contributed by atoms with E-state index in [0.29, 0.717) is 0 Å². The summed E-state index contributed by atoms with van der Waals surface area (Å²) in [5.74, 6) is 2.43. The molecule has 0 fully saturated rings. The Labute approximate surface area is 90.9 Å². The quantitative estimate of drug-likeness (QED) is 0.527. The molecule has 0 aliphatic carbocycles. The van der Waals surface area contributed by atoms with E-state index in [0.717, 1.165) is 31.6 Å². The first-order chi connectivity index (χ1) is 7.27. The van der Waals surface area contributed by atoms with Gasteiger partial charge in [-0.05, 0) is 37.6 Å². The maximum atomic E-state index is 12.7. The molecule has 15 heavy (non-hydrogen) atoms. The van der Waals surface area contributed by atoms with Gasteiger partial charge in [-0.25, -0.2) is 4.39 Å². The van der Waals surface area contributed by atoms with Gasteiger partial charge in [0.05, 0.1) is 0 Å². The largest absolute Gasteiger partial charge is 0.372 e. The molecule has 80 valence electrons. The summed E-state index contributed by atoms with van der Waals surface area (Å²) in [5, 5.41) is 0. The van der Waals surface area contributed by atoms with Crippen LogP contribution in [0, 0.1) is 18.2 Å². The molecule has 0 radical (unpaired) electrons. The van der Waals surface area contributed by atoms with Crippen molar-refractivity contribution in [3.05, 3.63) is 30.1 Å². The van der Waals surface area contributed by atoms with Crippen LogP contribution >= 0.6 is 0 Å². The molecule has 0 amide bonds. The van der Waals surface area contributed by atoms with Gasteiger partial charge in [-0.3, -0.25) is 0 Å². The summed E-state index contributed by atoms with van der Waals surface area (Å²) >= 11 is 0. The normalized spacial score (nSPS) is 9.67. The van der Waals surface area contributed by atoms with E-state index in [4.69, 9.17) is 6.42 Å². The highest BCUT2D eigenvalue weighted by Gasteiger charge is 2.02. The smallest absolute Gasteiger partial charge is 0.123 e. The Morgan fingerprint density at radius 3 is 2.53 bits per heavy atom. The molecule has 0 saturated carbocycles. The number of anilines is 1. The van der Waals surface area contributed by atoms with Gasteiger partial charge in [-0.15, -0.1) is 12.3 Å². The highest BCUT2D eigenvalue weighted by atomic mass is 19.1. The van der Waals surface area contributed by atoms with Crippen molar-refractivity contribution in [3.63, 3.8) is 0 Å². The van der Waals surface area contributed by atoms with Gasteiger partial charge < -0.3 is 4.90 Å². The maximum Gasteiger partial charge on any atom is 0.123 e. The molecule has 0 bridgehead atoms. The van der Waals surface area contributed by atoms with Crippen LogP contribution in [-0.4, -0.2) is 13.1 Å². The molecule has 0 N–H and O–H groups in total. The summed E-state index contributed by atoms with van der Waals surface area (Å²) in [6, 6.07) is 6.57. The third kappa shape index (κ3) is 3.63. The summed E-state index contributed by atoms with van der Waals surface area (Å²) < 4.78 is 12.7. The second-order valence-electron chi connectivity index (χ2n) is 3.36. The number of unbranched alkanes of at least 4 members (excludes halogenated alkanes) is 1. The number of halogens is 1. The molecule has 0 aromatic heterocycles. The monoisotopic (exact) mass is 205 g/mol. The van der Waals surface area contributed by atoms with E-state index in [1.54, 1.807) is 12.1 Å². The molecular formula is C13H16FN. The molecule has 0 saturated heterocycles. The van der Waals surface area contributed by atoms with Gasteiger partial charge in [-0.2, -0.15) is 0 Å². The molecule has 0 aliphatic heterocycles. The molecule has 0 atom stereocenters. The fourth-order valence-electron chi connectivity index (χ4n) is 1.49. The van der Waals surface area contributed by atoms with Crippen LogP contribution in [0.1, 0.15) is 19.8 Å². The molecule has 0 spiro atoms. The van der Waals surface area contributed by atoms with Crippen molar-refractivity contribution in [2.24, 2.45) is 0 Å². The van der Waals surface area contributed by atoms with Crippen molar-refractivity contribution in [3.8, 4) is 12.3 Å². The zero-order valence-corrected chi connectivity index (χ0v) is 9.04. The molecule has 1 aromatic carbocycles. The van der Waals surface area contributed by atoms with E-state index in [1.807, 2.05) is 0 Å². The van der Waals surface area contributed by atoms with Crippen LogP contribution in [0.5, 0.6) is 0 Å². The highest BCUT2D eigenvalue weighted by molar-refractivity contribution is 5.45. The van der Waals surface area contributed by atoms with E-state index < -0.39 is 0 Å². The van der Waals surface area contributed by atoms with E-state index in [2.05, 4.69) is 17.7 Å². The predicted molar refractivity (Wildman–Crippen MR) is 62.4 cm³/mol. The van der Waals surface area contributed by atoms with Crippen molar-refractivity contribution < 1.29 is 4.39 Å². The van der Waals surface area contributed by atoms with E-state index in [-0.39, 0.29) is 5.82 Å². The van der Waals surface area contributed by atoms with Gasteiger partial charge in [0.15, 0.2) is 0 Å². The predicted octanol–water partition coefficient (Wildman–Crippen LogP) is 3.07. The summed E-state index contributed by atoms with van der Waals surface area (Å²) in [7, 11) is 0. The topological polar surface area (TPSA) is 3.24 Å². The molecular weight excluding hydrogens is 189 g/mol. The van der Waals surface area contributed by atoms with Gasteiger partial charge in [0.1, 0.15) is 5.82 Å². The average molecular weight is 205 g/mol. The highest BCUT2D eigenvalue weighted by Crippen LogP contribution is 2.14. The fraction of sp³-hybridized carbons (Fsp3) is 0.385. The van der Waals surface area contributed by atoms with Crippen LogP contribution in [0.4, 0.5) is 10.1 Å². The Kier molecular flexibility index (Phi) is 4.70. The first-order valence-electron chi connectivity index (χ1n) is 5.22. The molecule has 1 nitrogen and oxygen atoms in total. The molecule has 1 rings (SSSR count).